The maximum atomic E-state index is 11.0. The molecule has 1 unspecified atom stereocenters. The van der Waals surface area contributed by atoms with Crippen LogP contribution in [0, 0.1) is 5.92 Å². The van der Waals surface area contributed by atoms with E-state index in [4.69, 9.17) is 0 Å². The number of Topliss-reactive ketones (excluding diaryl/α,β-unsaturated/α-hetero) is 1. The first-order chi connectivity index (χ1) is 5.66. The lowest BCUT2D eigenvalue weighted by Crippen LogP contribution is -2.27. The predicted octanol–water partition coefficient (Wildman–Crippen LogP) is 0.00820. The SMILES string of the molecule is CCOC(=O)C1C(=O)CSC1=O. The zero-order valence-electron chi connectivity index (χ0n) is 6.53. The Labute approximate surface area is 73.6 Å². The zero-order chi connectivity index (χ0) is 9.14. The molecule has 1 fully saturated rings. The summed E-state index contributed by atoms with van der Waals surface area (Å²) in [5, 5.41) is -0.390. The first-order valence-corrected chi connectivity index (χ1v) is 4.51. The van der Waals surface area contributed by atoms with E-state index in [-0.39, 0.29) is 18.1 Å². The van der Waals surface area contributed by atoms with E-state index in [1.165, 1.54) is 0 Å². The van der Waals surface area contributed by atoms with Crippen molar-refractivity contribution >= 4 is 28.6 Å². The Hall–Kier alpha value is -0.840. The summed E-state index contributed by atoms with van der Waals surface area (Å²) in [5.41, 5.74) is 0. The third-order valence-corrected chi connectivity index (χ3v) is 2.39. The lowest BCUT2D eigenvalue weighted by Gasteiger charge is -2.03. The molecule has 12 heavy (non-hydrogen) atoms. The molecule has 0 radical (unpaired) electrons. The number of rotatable bonds is 2. The van der Waals surface area contributed by atoms with Crippen LogP contribution >= 0.6 is 11.8 Å². The van der Waals surface area contributed by atoms with Crippen molar-refractivity contribution in [1.29, 1.82) is 0 Å². The van der Waals surface area contributed by atoms with Gasteiger partial charge >= 0.3 is 5.97 Å². The van der Waals surface area contributed by atoms with Crippen LogP contribution in [0.2, 0.25) is 0 Å². The van der Waals surface area contributed by atoms with Gasteiger partial charge in [0.15, 0.2) is 11.7 Å². The molecule has 0 aliphatic carbocycles. The van der Waals surface area contributed by atoms with Crippen molar-refractivity contribution in [3.8, 4) is 0 Å². The smallest absolute Gasteiger partial charge is 0.325 e. The summed E-state index contributed by atoms with van der Waals surface area (Å²) in [6.07, 6.45) is 0. The fourth-order valence-electron chi connectivity index (χ4n) is 0.894. The van der Waals surface area contributed by atoms with Crippen LogP contribution in [0.25, 0.3) is 0 Å². The van der Waals surface area contributed by atoms with E-state index in [9.17, 15) is 14.4 Å². The molecule has 0 spiro atoms. The zero-order valence-corrected chi connectivity index (χ0v) is 7.35. The van der Waals surface area contributed by atoms with Gasteiger partial charge in [0.2, 0.25) is 5.12 Å². The summed E-state index contributed by atoms with van der Waals surface area (Å²) in [4.78, 5) is 32.9. The van der Waals surface area contributed by atoms with Gasteiger partial charge in [-0.05, 0) is 6.92 Å². The van der Waals surface area contributed by atoms with Gasteiger partial charge in [-0.2, -0.15) is 0 Å². The number of ketones is 1. The molecule has 0 aromatic heterocycles. The fourth-order valence-corrected chi connectivity index (χ4v) is 1.74. The van der Waals surface area contributed by atoms with Gasteiger partial charge in [0.25, 0.3) is 0 Å². The van der Waals surface area contributed by atoms with Crippen LogP contribution in [0.3, 0.4) is 0 Å². The van der Waals surface area contributed by atoms with E-state index in [2.05, 4.69) is 4.74 Å². The molecule has 1 saturated heterocycles. The number of esters is 1. The van der Waals surface area contributed by atoms with E-state index in [0.717, 1.165) is 11.8 Å². The number of hydrogen-bond donors (Lipinski definition) is 0. The third kappa shape index (κ3) is 1.66. The maximum absolute atomic E-state index is 11.0. The van der Waals surface area contributed by atoms with Gasteiger partial charge in [0, 0.05) is 0 Å². The van der Waals surface area contributed by atoms with E-state index < -0.39 is 17.0 Å². The van der Waals surface area contributed by atoms with Crippen LogP contribution in [0.1, 0.15) is 6.92 Å². The minimum atomic E-state index is -1.16. The molecule has 0 aromatic carbocycles. The highest BCUT2D eigenvalue weighted by Crippen LogP contribution is 2.23. The predicted molar refractivity (Wildman–Crippen MR) is 42.6 cm³/mol. The lowest BCUT2D eigenvalue weighted by atomic mass is 10.1. The standard InChI is InChI=1S/C7H8O4S/c1-2-11-6(9)5-4(8)3-12-7(5)10/h5H,2-3H2,1H3. The van der Waals surface area contributed by atoms with E-state index >= 15 is 0 Å². The lowest BCUT2D eigenvalue weighted by molar-refractivity contribution is -0.152. The first-order valence-electron chi connectivity index (χ1n) is 3.52. The molecular formula is C7H8O4S. The van der Waals surface area contributed by atoms with Gasteiger partial charge in [0.1, 0.15) is 0 Å². The van der Waals surface area contributed by atoms with Crippen molar-refractivity contribution < 1.29 is 19.1 Å². The van der Waals surface area contributed by atoms with Crippen LogP contribution < -0.4 is 0 Å². The van der Waals surface area contributed by atoms with Gasteiger partial charge in [-0.3, -0.25) is 14.4 Å². The van der Waals surface area contributed by atoms with Crippen LogP contribution in [-0.2, 0) is 19.1 Å². The van der Waals surface area contributed by atoms with E-state index in [0.29, 0.717) is 0 Å². The molecule has 66 valence electrons. The minimum Gasteiger partial charge on any atom is -0.465 e. The van der Waals surface area contributed by atoms with Crippen molar-refractivity contribution in [2.75, 3.05) is 12.4 Å². The second-order valence-electron chi connectivity index (χ2n) is 2.26. The van der Waals surface area contributed by atoms with Crippen molar-refractivity contribution in [3.05, 3.63) is 0 Å². The molecule has 1 aliphatic heterocycles. The van der Waals surface area contributed by atoms with Crippen molar-refractivity contribution in [3.63, 3.8) is 0 Å². The molecule has 1 atom stereocenters. The van der Waals surface area contributed by atoms with Crippen molar-refractivity contribution in [2.45, 2.75) is 6.92 Å². The summed E-state index contributed by atoms with van der Waals surface area (Å²) >= 11 is 0.878. The number of carbonyl (C=O) groups excluding carboxylic acids is 3. The second-order valence-corrected chi connectivity index (χ2v) is 3.24. The molecule has 0 N–H and O–H groups in total. The molecule has 0 amide bonds. The van der Waals surface area contributed by atoms with Gasteiger partial charge in [-0.1, -0.05) is 11.8 Å². The van der Waals surface area contributed by atoms with Crippen molar-refractivity contribution in [1.82, 2.24) is 0 Å². The minimum absolute atomic E-state index is 0.0995. The number of carbonyl (C=O) groups is 3. The van der Waals surface area contributed by atoms with Gasteiger partial charge in [-0.25, -0.2) is 0 Å². The topological polar surface area (TPSA) is 60.4 Å². The number of ether oxygens (including phenoxy) is 1. The molecular weight excluding hydrogens is 180 g/mol. The Morgan fingerprint density at radius 2 is 2.33 bits per heavy atom. The first kappa shape index (κ1) is 9.25. The van der Waals surface area contributed by atoms with Gasteiger partial charge in [0.05, 0.1) is 12.4 Å². The molecule has 5 heteroatoms. The summed E-state index contributed by atoms with van der Waals surface area (Å²) < 4.78 is 4.57. The average Bonchev–Trinajstić information content (AvgIpc) is 2.32. The van der Waals surface area contributed by atoms with Gasteiger partial charge in [-0.15, -0.1) is 0 Å². The Morgan fingerprint density at radius 3 is 2.75 bits per heavy atom. The Balaban J connectivity index is 2.66. The number of hydrogen-bond acceptors (Lipinski definition) is 5. The highest BCUT2D eigenvalue weighted by atomic mass is 32.2. The summed E-state index contributed by atoms with van der Waals surface area (Å²) in [6.45, 7) is 1.83. The van der Waals surface area contributed by atoms with Crippen LogP contribution in [0.4, 0.5) is 0 Å². The van der Waals surface area contributed by atoms with Crippen LogP contribution in [0.5, 0.6) is 0 Å². The molecule has 0 aromatic rings. The summed E-state index contributed by atoms with van der Waals surface area (Å²) in [6, 6.07) is 0. The molecule has 0 saturated carbocycles. The van der Waals surface area contributed by atoms with Crippen LogP contribution in [-0.4, -0.2) is 29.2 Å². The summed E-state index contributed by atoms with van der Waals surface area (Å²) in [5.74, 6) is -2.11. The Morgan fingerprint density at radius 1 is 1.67 bits per heavy atom. The van der Waals surface area contributed by atoms with E-state index in [1.54, 1.807) is 6.92 Å². The highest BCUT2D eigenvalue weighted by molar-refractivity contribution is 8.15. The number of thioether (sulfide) groups is 1. The van der Waals surface area contributed by atoms with Gasteiger partial charge < -0.3 is 4.74 Å². The maximum Gasteiger partial charge on any atom is 0.325 e. The largest absolute Gasteiger partial charge is 0.465 e. The van der Waals surface area contributed by atoms with Crippen LogP contribution in [0.15, 0.2) is 0 Å². The molecule has 1 heterocycles. The van der Waals surface area contributed by atoms with E-state index in [1.807, 2.05) is 0 Å². The third-order valence-electron chi connectivity index (χ3n) is 1.44. The van der Waals surface area contributed by atoms with Crippen molar-refractivity contribution in [2.24, 2.45) is 5.92 Å². The fraction of sp³-hybridized carbons (Fsp3) is 0.571. The molecule has 1 rings (SSSR count). The molecule has 4 nitrogen and oxygen atoms in total. The second kappa shape index (κ2) is 3.71. The molecule has 0 bridgehead atoms. The Kier molecular flexibility index (Phi) is 2.86. The normalized spacial score (nSPS) is 22.9. The molecule has 1 aliphatic rings. The highest BCUT2D eigenvalue weighted by Gasteiger charge is 2.40. The summed E-state index contributed by atoms with van der Waals surface area (Å²) in [7, 11) is 0. The Bertz CT molecular complexity index is 220. The quantitative estimate of drug-likeness (QED) is 0.451. The average molecular weight is 188 g/mol. The monoisotopic (exact) mass is 188 g/mol.